The number of nitrogens with zero attached hydrogens (tertiary/aromatic N) is 5. The van der Waals surface area contributed by atoms with E-state index in [4.69, 9.17) is 11.8 Å². The normalized spacial score (nSPS) is 16.9. The molecular formula is C27H23F3IrN5-. The maximum absolute atomic E-state index is 14.1. The zero-order valence-corrected chi connectivity index (χ0v) is 23.0. The molecule has 0 amide bonds. The zero-order chi connectivity index (χ0) is 26.0. The number of nitriles is 1. The quantitative estimate of drug-likeness (QED) is 0.276. The van der Waals surface area contributed by atoms with E-state index in [0.717, 1.165) is 29.5 Å². The number of hydrogen-bond donors (Lipinski definition) is 0. The molecular weight excluding hydrogens is 644 g/mol. The fourth-order valence-electron chi connectivity index (χ4n) is 4.81. The SMILES string of the molecule is [C-]#[N+]c1cc(C#N)nc(-c2cnc(-c3[c-]cc4c(c3)C(C)(C)C(C)(C)C4(C)C)cc2C(F)(F)F)n1.[Ir]. The van der Waals surface area contributed by atoms with E-state index in [1.807, 2.05) is 12.1 Å². The molecule has 1 aliphatic rings. The first-order chi connectivity index (χ1) is 16.1. The van der Waals surface area contributed by atoms with E-state index in [0.29, 0.717) is 5.56 Å². The number of halogens is 3. The second-order valence-electron chi connectivity index (χ2n) is 10.3. The van der Waals surface area contributed by atoms with Crippen LogP contribution in [0.1, 0.15) is 63.9 Å². The summed E-state index contributed by atoms with van der Waals surface area (Å²) in [6.07, 6.45) is -3.69. The van der Waals surface area contributed by atoms with E-state index in [1.54, 1.807) is 6.07 Å². The first-order valence-corrected chi connectivity index (χ1v) is 11.0. The molecule has 0 aliphatic heterocycles. The molecule has 0 bridgehead atoms. The van der Waals surface area contributed by atoms with Crippen molar-refractivity contribution in [1.29, 1.82) is 5.26 Å². The maximum atomic E-state index is 14.1. The van der Waals surface area contributed by atoms with Crippen molar-refractivity contribution in [2.45, 2.75) is 58.5 Å². The van der Waals surface area contributed by atoms with E-state index in [2.05, 4.69) is 67.4 Å². The largest absolute Gasteiger partial charge is 0.416 e. The van der Waals surface area contributed by atoms with Crippen molar-refractivity contribution in [2.24, 2.45) is 5.41 Å². The summed E-state index contributed by atoms with van der Waals surface area (Å²) in [6, 6.07) is 10.7. The molecule has 0 spiro atoms. The minimum absolute atomic E-state index is 0. The Morgan fingerprint density at radius 1 is 1.00 bits per heavy atom. The molecule has 1 aliphatic carbocycles. The van der Waals surface area contributed by atoms with Crippen molar-refractivity contribution in [3.63, 3.8) is 0 Å². The summed E-state index contributed by atoms with van der Waals surface area (Å²) >= 11 is 0. The van der Waals surface area contributed by atoms with Crippen LogP contribution in [0.15, 0.2) is 30.5 Å². The molecule has 0 atom stereocenters. The van der Waals surface area contributed by atoms with Crippen LogP contribution >= 0.6 is 0 Å². The standard InChI is InChI=1S/C27H23F3N5.Ir/c1-24(2)18-9-8-15(10-20(18)25(3,4)26(24,5)6)21-12-19(27(28,29)30)17(14-33-21)23-34-16(13-31)11-22(32-7)35-23;/h9-12,14H,1-6H3;/q-1;. The van der Waals surface area contributed by atoms with Crippen molar-refractivity contribution < 1.29 is 33.3 Å². The third-order valence-electron chi connectivity index (χ3n) is 8.09. The third-order valence-corrected chi connectivity index (χ3v) is 8.09. The van der Waals surface area contributed by atoms with Crippen LogP contribution in [0.2, 0.25) is 0 Å². The van der Waals surface area contributed by atoms with Gasteiger partial charge in [-0.3, -0.25) is 0 Å². The van der Waals surface area contributed by atoms with Gasteiger partial charge in [0, 0.05) is 32.4 Å². The van der Waals surface area contributed by atoms with E-state index in [9.17, 15) is 13.2 Å². The summed E-state index contributed by atoms with van der Waals surface area (Å²) in [5.74, 6) is -0.591. The van der Waals surface area contributed by atoms with Crippen LogP contribution in [-0.4, -0.2) is 15.0 Å². The monoisotopic (exact) mass is 667 g/mol. The molecule has 0 unspecified atom stereocenters. The molecule has 0 fully saturated rings. The van der Waals surface area contributed by atoms with Gasteiger partial charge in [0.2, 0.25) is 0 Å². The van der Waals surface area contributed by atoms with E-state index >= 15 is 0 Å². The Labute approximate surface area is 222 Å². The molecule has 1 aromatic carbocycles. The van der Waals surface area contributed by atoms with Crippen LogP contribution in [0.4, 0.5) is 19.0 Å². The number of alkyl halides is 3. The predicted molar refractivity (Wildman–Crippen MR) is 125 cm³/mol. The number of pyridine rings is 1. The summed E-state index contributed by atoms with van der Waals surface area (Å²) in [5, 5.41) is 9.16. The van der Waals surface area contributed by atoms with Crippen molar-refractivity contribution in [3.8, 4) is 28.7 Å². The molecule has 9 heteroatoms. The summed E-state index contributed by atoms with van der Waals surface area (Å²) in [6.45, 7) is 20.2. The average Bonchev–Trinajstić information content (AvgIpc) is 2.91. The van der Waals surface area contributed by atoms with Crippen LogP contribution in [-0.2, 0) is 37.1 Å². The first kappa shape index (κ1) is 27.5. The van der Waals surface area contributed by atoms with Crippen LogP contribution in [0, 0.1) is 29.4 Å². The fourth-order valence-corrected chi connectivity index (χ4v) is 4.81. The zero-order valence-electron chi connectivity index (χ0n) is 20.6. The van der Waals surface area contributed by atoms with Crippen LogP contribution < -0.4 is 0 Å². The smallest absolute Gasteiger partial charge is 0.360 e. The molecule has 0 saturated heterocycles. The third kappa shape index (κ3) is 4.01. The van der Waals surface area contributed by atoms with Gasteiger partial charge in [-0.1, -0.05) is 59.2 Å². The van der Waals surface area contributed by atoms with E-state index < -0.39 is 17.3 Å². The average molecular weight is 667 g/mol. The van der Waals surface area contributed by atoms with Crippen molar-refractivity contribution in [3.05, 3.63) is 70.3 Å². The molecule has 36 heavy (non-hydrogen) atoms. The van der Waals surface area contributed by atoms with Crippen LogP contribution in [0.25, 0.3) is 27.5 Å². The van der Waals surface area contributed by atoms with E-state index in [-0.39, 0.29) is 59.4 Å². The van der Waals surface area contributed by atoms with Crippen LogP contribution in [0.3, 0.4) is 0 Å². The minimum Gasteiger partial charge on any atom is -0.360 e. The van der Waals surface area contributed by atoms with Crippen LogP contribution in [0.5, 0.6) is 0 Å². The number of fused-ring (bicyclic) bond motifs is 1. The number of benzene rings is 1. The molecule has 2 heterocycles. The number of aromatic nitrogens is 3. The van der Waals surface area contributed by atoms with Crippen molar-refractivity contribution in [1.82, 2.24) is 15.0 Å². The molecule has 5 nitrogen and oxygen atoms in total. The van der Waals surface area contributed by atoms with Gasteiger partial charge in [0.25, 0.3) is 11.6 Å². The second-order valence-corrected chi connectivity index (χ2v) is 10.3. The molecule has 187 valence electrons. The van der Waals surface area contributed by atoms with Crippen molar-refractivity contribution >= 4 is 5.82 Å². The summed E-state index contributed by atoms with van der Waals surface area (Å²) < 4.78 is 42.4. The molecule has 0 N–H and O–H groups in total. The molecule has 1 radical (unpaired) electrons. The maximum Gasteiger partial charge on any atom is 0.416 e. The van der Waals surface area contributed by atoms with Gasteiger partial charge >= 0.3 is 6.18 Å². The van der Waals surface area contributed by atoms with Gasteiger partial charge in [-0.15, -0.1) is 34.9 Å². The van der Waals surface area contributed by atoms with Gasteiger partial charge in [0.15, 0.2) is 0 Å². The Morgan fingerprint density at radius 3 is 2.22 bits per heavy atom. The first-order valence-electron chi connectivity index (χ1n) is 11.0. The molecule has 3 aromatic rings. The topological polar surface area (TPSA) is 66.8 Å². The van der Waals surface area contributed by atoms with Gasteiger partial charge in [-0.05, 0) is 21.9 Å². The number of rotatable bonds is 2. The molecule has 4 rings (SSSR count). The predicted octanol–water partition coefficient (Wildman–Crippen LogP) is 7.04. The Bertz CT molecular complexity index is 1410. The van der Waals surface area contributed by atoms with Gasteiger partial charge in [-0.25, -0.2) is 0 Å². The van der Waals surface area contributed by atoms with Gasteiger partial charge in [0.1, 0.15) is 11.8 Å². The number of hydrogen-bond acceptors (Lipinski definition) is 4. The Morgan fingerprint density at radius 2 is 1.64 bits per heavy atom. The summed E-state index contributed by atoms with van der Waals surface area (Å²) in [5.41, 5.74) is 0.674. The summed E-state index contributed by atoms with van der Waals surface area (Å²) in [7, 11) is 0. The Balaban J connectivity index is 0.00000361. The van der Waals surface area contributed by atoms with Crippen molar-refractivity contribution in [2.75, 3.05) is 0 Å². The Hall–Kier alpha value is -3.13. The van der Waals surface area contributed by atoms with Gasteiger partial charge in [-0.2, -0.15) is 23.4 Å². The minimum atomic E-state index is -4.74. The van der Waals surface area contributed by atoms with E-state index in [1.165, 1.54) is 0 Å². The summed E-state index contributed by atoms with van der Waals surface area (Å²) in [4.78, 5) is 15.2. The fraction of sp³-hybridized carbons (Fsp3) is 0.370. The molecule has 0 saturated carbocycles. The van der Waals surface area contributed by atoms with Gasteiger partial charge < -0.3 is 9.83 Å². The second kappa shape index (κ2) is 8.76. The molecule has 2 aromatic heterocycles. The Kier molecular flexibility index (Phi) is 6.68. The van der Waals surface area contributed by atoms with Gasteiger partial charge in [0.05, 0.1) is 11.1 Å².